The topological polar surface area (TPSA) is 64.3 Å². The normalized spacial score (nSPS) is 14.2. The number of hydrogen-bond donors (Lipinski definition) is 1. The molecule has 0 radical (unpaired) electrons. The summed E-state index contributed by atoms with van der Waals surface area (Å²) in [5, 5.41) is 13.3. The summed E-state index contributed by atoms with van der Waals surface area (Å²) in [5.41, 5.74) is 14.3. The molecule has 4 aromatic rings. The van der Waals surface area contributed by atoms with Crippen molar-refractivity contribution in [2.75, 3.05) is 36.9 Å². The molecule has 5 nitrogen and oxygen atoms in total. The predicted octanol–water partition coefficient (Wildman–Crippen LogP) is 5.18. The zero-order chi connectivity index (χ0) is 22.1. The van der Waals surface area contributed by atoms with E-state index >= 15 is 0 Å². The van der Waals surface area contributed by atoms with Gasteiger partial charge >= 0.3 is 0 Å². The highest BCUT2D eigenvalue weighted by Gasteiger charge is 2.15. The highest BCUT2D eigenvalue weighted by atomic mass is 32.1. The molecule has 2 aromatic heterocycles. The van der Waals surface area contributed by atoms with Gasteiger partial charge in [0.25, 0.3) is 0 Å². The average Bonchev–Trinajstić information content (AvgIpc) is 3.30. The summed E-state index contributed by atoms with van der Waals surface area (Å²) in [7, 11) is 0. The van der Waals surface area contributed by atoms with Crippen molar-refractivity contribution in [3.63, 3.8) is 0 Å². The molecule has 2 aromatic carbocycles. The minimum absolute atomic E-state index is 0.785. The summed E-state index contributed by atoms with van der Waals surface area (Å²) in [4.78, 5) is 3.73. The van der Waals surface area contributed by atoms with Gasteiger partial charge in [-0.3, -0.25) is 0 Å². The Balaban J connectivity index is 1.40. The molecule has 164 valence electrons. The standard InChI is InChI=1S/C26H28N4OS/c1-17-3-5-21(18(2)26(17)27)23-9-14-32-25(23)8-7-24-22-6-4-20(15-19(22)16-28-29-24)30-10-12-31-13-11-30/h3-6,9,14-16H,7-8,10-13,27H2,1-2H3. The predicted molar refractivity (Wildman–Crippen MR) is 134 cm³/mol. The lowest BCUT2D eigenvalue weighted by atomic mass is 9.96. The van der Waals surface area contributed by atoms with E-state index in [0.717, 1.165) is 67.0 Å². The lowest BCUT2D eigenvalue weighted by Gasteiger charge is -2.29. The van der Waals surface area contributed by atoms with E-state index in [0.29, 0.717) is 0 Å². The number of morpholine rings is 1. The van der Waals surface area contributed by atoms with Crippen LogP contribution in [0.3, 0.4) is 0 Å². The number of nitrogens with two attached hydrogens (primary N) is 1. The molecule has 1 aliphatic rings. The van der Waals surface area contributed by atoms with Gasteiger partial charge in [-0.2, -0.15) is 10.2 Å². The highest BCUT2D eigenvalue weighted by molar-refractivity contribution is 7.10. The zero-order valence-electron chi connectivity index (χ0n) is 18.6. The summed E-state index contributed by atoms with van der Waals surface area (Å²) in [5.74, 6) is 0. The van der Waals surface area contributed by atoms with E-state index in [1.807, 2.05) is 6.20 Å². The van der Waals surface area contributed by atoms with Crippen LogP contribution in [0.5, 0.6) is 0 Å². The fourth-order valence-corrected chi connectivity index (χ4v) is 5.39. The molecule has 1 aliphatic heterocycles. The Morgan fingerprint density at radius 2 is 1.88 bits per heavy atom. The highest BCUT2D eigenvalue weighted by Crippen LogP contribution is 2.35. The van der Waals surface area contributed by atoms with Crippen LogP contribution < -0.4 is 10.6 Å². The second kappa shape index (κ2) is 8.88. The molecule has 0 atom stereocenters. The van der Waals surface area contributed by atoms with Gasteiger partial charge in [0.05, 0.1) is 25.1 Å². The Labute approximate surface area is 192 Å². The number of ether oxygens (including phenoxy) is 1. The van der Waals surface area contributed by atoms with Crippen molar-refractivity contribution in [2.45, 2.75) is 26.7 Å². The number of benzene rings is 2. The van der Waals surface area contributed by atoms with Crippen LogP contribution in [0, 0.1) is 13.8 Å². The van der Waals surface area contributed by atoms with Crippen LogP contribution in [0.25, 0.3) is 21.9 Å². The van der Waals surface area contributed by atoms with Crippen molar-refractivity contribution in [3.8, 4) is 11.1 Å². The third-order valence-corrected chi connectivity index (χ3v) is 7.44. The first-order valence-corrected chi connectivity index (χ1v) is 12.0. The van der Waals surface area contributed by atoms with Crippen molar-refractivity contribution in [1.29, 1.82) is 0 Å². The first-order valence-electron chi connectivity index (χ1n) is 11.1. The largest absolute Gasteiger partial charge is 0.398 e. The van der Waals surface area contributed by atoms with Crippen molar-refractivity contribution in [1.82, 2.24) is 10.2 Å². The molecule has 0 unspecified atom stereocenters. The van der Waals surface area contributed by atoms with Crippen molar-refractivity contribution in [2.24, 2.45) is 0 Å². The molecule has 0 spiro atoms. The third-order valence-electron chi connectivity index (χ3n) is 6.45. The monoisotopic (exact) mass is 444 g/mol. The second-order valence-electron chi connectivity index (χ2n) is 8.39. The van der Waals surface area contributed by atoms with Crippen LogP contribution in [0.1, 0.15) is 21.7 Å². The number of thiophene rings is 1. The molecular formula is C26H28N4OS. The van der Waals surface area contributed by atoms with E-state index in [1.54, 1.807) is 11.3 Å². The van der Waals surface area contributed by atoms with Crippen LogP contribution in [-0.4, -0.2) is 36.5 Å². The number of anilines is 2. The lowest BCUT2D eigenvalue weighted by Crippen LogP contribution is -2.36. The third kappa shape index (κ3) is 3.96. The maximum atomic E-state index is 6.31. The summed E-state index contributed by atoms with van der Waals surface area (Å²) < 4.78 is 5.49. The van der Waals surface area contributed by atoms with E-state index in [-0.39, 0.29) is 0 Å². The maximum Gasteiger partial charge on any atom is 0.0712 e. The molecule has 0 bridgehead atoms. The van der Waals surface area contributed by atoms with Gasteiger partial charge in [0.15, 0.2) is 0 Å². The molecule has 1 fully saturated rings. The number of fused-ring (bicyclic) bond motifs is 1. The number of aryl methyl sites for hydroxylation is 3. The number of nitrogens with zero attached hydrogens (tertiary/aromatic N) is 3. The van der Waals surface area contributed by atoms with Gasteiger partial charge in [-0.25, -0.2) is 0 Å². The smallest absolute Gasteiger partial charge is 0.0712 e. The number of hydrogen-bond acceptors (Lipinski definition) is 6. The van der Waals surface area contributed by atoms with Gasteiger partial charge in [-0.1, -0.05) is 18.2 Å². The molecule has 0 aliphatic carbocycles. The van der Waals surface area contributed by atoms with Gasteiger partial charge in [-0.15, -0.1) is 11.3 Å². The first kappa shape index (κ1) is 20.9. The Morgan fingerprint density at radius 3 is 2.72 bits per heavy atom. The molecular weight excluding hydrogens is 416 g/mol. The zero-order valence-corrected chi connectivity index (χ0v) is 19.4. The number of nitrogen functional groups attached to an aromatic ring is 1. The Morgan fingerprint density at radius 1 is 1.03 bits per heavy atom. The van der Waals surface area contributed by atoms with Crippen LogP contribution in [0.15, 0.2) is 48.0 Å². The summed E-state index contributed by atoms with van der Waals surface area (Å²) in [6.07, 6.45) is 3.66. The van der Waals surface area contributed by atoms with Gasteiger partial charge in [-0.05, 0) is 72.5 Å². The Bertz CT molecular complexity index is 1260. The second-order valence-corrected chi connectivity index (χ2v) is 9.39. The van der Waals surface area contributed by atoms with Gasteiger partial charge in [0.1, 0.15) is 0 Å². The van der Waals surface area contributed by atoms with E-state index < -0.39 is 0 Å². The number of rotatable bonds is 5. The maximum absolute atomic E-state index is 6.31. The molecule has 6 heteroatoms. The van der Waals surface area contributed by atoms with Crippen LogP contribution in [-0.2, 0) is 17.6 Å². The van der Waals surface area contributed by atoms with Crippen LogP contribution in [0.4, 0.5) is 11.4 Å². The molecule has 0 saturated carbocycles. The van der Waals surface area contributed by atoms with E-state index in [1.165, 1.54) is 27.1 Å². The Kier molecular flexibility index (Phi) is 5.81. The van der Waals surface area contributed by atoms with Gasteiger partial charge < -0.3 is 15.4 Å². The molecule has 1 saturated heterocycles. The van der Waals surface area contributed by atoms with Crippen LogP contribution >= 0.6 is 11.3 Å². The van der Waals surface area contributed by atoms with E-state index in [4.69, 9.17) is 10.5 Å². The SMILES string of the molecule is Cc1ccc(-c2ccsc2CCc2nncc3cc(N4CCOCC4)ccc23)c(C)c1N. The molecule has 5 rings (SSSR count). The summed E-state index contributed by atoms with van der Waals surface area (Å²) in [6.45, 7) is 7.61. The quantitative estimate of drug-likeness (QED) is 0.430. The summed E-state index contributed by atoms with van der Waals surface area (Å²) >= 11 is 1.80. The number of aromatic nitrogens is 2. The van der Waals surface area contributed by atoms with Gasteiger partial charge in [0.2, 0.25) is 0 Å². The fraction of sp³-hybridized carbons (Fsp3) is 0.308. The van der Waals surface area contributed by atoms with Crippen molar-refractivity contribution < 1.29 is 4.74 Å². The molecule has 2 N–H and O–H groups in total. The molecule has 32 heavy (non-hydrogen) atoms. The van der Waals surface area contributed by atoms with E-state index in [2.05, 4.69) is 70.7 Å². The average molecular weight is 445 g/mol. The summed E-state index contributed by atoms with van der Waals surface area (Å²) in [6, 6.07) is 13.1. The molecule has 0 amide bonds. The van der Waals surface area contributed by atoms with Crippen LogP contribution in [0.2, 0.25) is 0 Å². The lowest BCUT2D eigenvalue weighted by molar-refractivity contribution is 0.122. The molecule has 3 heterocycles. The first-order chi connectivity index (χ1) is 15.6. The van der Waals surface area contributed by atoms with E-state index in [9.17, 15) is 0 Å². The van der Waals surface area contributed by atoms with Crippen molar-refractivity contribution >= 4 is 33.5 Å². The minimum atomic E-state index is 0.785. The minimum Gasteiger partial charge on any atom is -0.398 e. The van der Waals surface area contributed by atoms with Gasteiger partial charge in [0, 0.05) is 40.1 Å². The van der Waals surface area contributed by atoms with Crippen molar-refractivity contribution in [3.05, 3.63) is 69.7 Å². The fourth-order valence-electron chi connectivity index (χ4n) is 4.50. The Hall–Kier alpha value is -2.96.